The van der Waals surface area contributed by atoms with Crippen LogP contribution >= 0.6 is 0 Å². The average molecular weight is 591 g/mol. The van der Waals surface area contributed by atoms with Crippen LogP contribution in [0.1, 0.15) is 109 Å². The van der Waals surface area contributed by atoms with Crippen LogP contribution in [0, 0.1) is 56.7 Å². The third-order valence-corrected chi connectivity index (χ3v) is 14.8. The highest BCUT2D eigenvalue weighted by atomic mass is 16.5. The number of ether oxygens (including phenoxy) is 2. The standard InChI is InChI=1S/C38H54O5/c1-24(2)26-15-20-37(33(41)42-7)21-22-38(23-43-32(40)25-11-9-8-10-12-25)27(31(26)37)13-14-29-35(5)18-17-30(39)34(3,4)28(35)16-19-36(29,38)6/h8-12,26-31,39H,1,13-23H2,2-7H3/t26-,27+,28-,29+,30-,31+,35-,36+,37+,38-/m0/s1. The van der Waals surface area contributed by atoms with E-state index in [1.165, 1.54) is 5.57 Å². The molecule has 0 bridgehead atoms. The molecule has 0 amide bonds. The summed E-state index contributed by atoms with van der Waals surface area (Å²) in [5.74, 6) is 1.27. The number of allylic oxidation sites excluding steroid dienone is 1. The molecule has 5 saturated carbocycles. The monoisotopic (exact) mass is 590 g/mol. The van der Waals surface area contributed by atoms with Gasteiger partial charge in [-0.25, -0.2) is 4.79 Å². The summed E-state index contributed by atoms with van der Waals surface area (Å²) in [7, 11) is 1.55. The summed E-state index contributed by atoms with van der Waals surface area (Å²) < 4.78 is 12.0. The summed E-state index contributed by atoms with van der Waals surface area (Å²) in [5.41, 5.74) is 0.955. The summed E-state index contributed by atoms with van der Waals surface area (Å²) in [6, 6.07) is 9.37. The zero-order chi connectivity index (χ0) is 31.0. The van der Waals surface area contributed by atoms with Crippen LogP contribution in [0.2, 0.25) is 0 Å². The summed E-state index contributed by atoms with van der Waals surface area (Å²) >= 11 is 0. The molecule has 10 atom stereocenters. The molecule has 43 heavy (non-hydrogen) atoms. The van der Waals surface area contributed by atoms with Crippen molar-refractivity contribution in [2.75, 3.05) is 13.7 Å². The molecule has 1 aromatic carbocycles. The molecule has 0 spiro atoms. The molecule has 0 heterocycles. The topological polar surface area (TPSA) is 72.8 Å². The molecule has 6 rings (SSSR count). The van der Waals surface area contributed by atoms with Crippen LogP contribution in [0.3, 0.4) is 0 Å². The fourth-order valence-electron chi connectivity index (χ4n) is 12.7. The van der Waals surface area contributed by atoms with Gasteiger partial charge >= 0.3 is 11.9 Å². The fraction of sp³-hybridized carbons (Fsp3) is 0.737. The van der Waals surface area contributed by atoms with Crippen LogP contribution in [-0.2, 0) is 14.3 Å². The lowest BCUT2D eigenvalue weighted by Gasteiger charge is -2.73. The maximum atomic E-state index is 13.7. The van der Waals surface area contributed by atoms with E-state index >= 15 is 0 Å². The second-order valence-corrected chi connectivity index (χ2v) is 16.4. The second-order valence-electron chi connectivity index (χ2n) is 16.4. The Labute approximate surface area is 259 Å². The van der Waals surface area contributed by atoms with E-state index in [9.17, 15) is 14.7 Å². The minimum absolute atomic E-state index is 0.0536. The van der Waals surface area contributed by atoms with Crippen molar-refractivity contribution in [2.24, 2.45) is 56.7 Å². The number of aliphatic hydroxyl groups excluding tert-OH is 1. The number of esters is 2. The number of rotatable bonds is 5. The van der Waals surface area contributed by atoms with Crippen molar-refractivity contribution in [1.29, 1.82) is 0 Å². The molecule has 0 aliphatic heterocycles. The summed E-state index contributed by atoms with van der Waals surface area (Å²) in [5, 5.41) is 11.1. The molecular formula is C38H54O5. The fourth-order valence-corrected chi connectivity index (χ4v) is 12.7. The zero-order valence-corrected chi connectivity index (χ0v) is 27.4. The van der Waals surface area contributed by atoms with Gasteiger partial charge in [0.05, 0.1) is 30.8 Å². The van der Waals surface area contributed by atoms with Gasteiger partial charge in [0.25, 0.3) is 0 Å². The highest BCUT2D eigenvalue weighted by Crippen LogP contribution is 2.77. The third-order valence-electron chi connectivity index (χ3n) is 14.8. The minimum atomic E-state index is -0.489. The van der Waals surface area contributed by atoms with Crippen molar-refractivity contribution in [3.63, 3.8) is 0 Å². The Hall–Kier alpha value is -2.14. The van der Waals surface area contributed by atoms with E-state index in [1.807, 2.05) is 30.3 Å². The maximum Gasteiger partial charge on any atom is 0.338 e. The smallest absolute Gasteiger partial charge is 0.338 e. The van der Waals surface area contributed by atoms with Crippen LogP contribution in [0.4, 0.5) is 0 Å². The molecule has 5 fully saturated rings. The van der Waals surface area contributed by atoms with E-state index in [0.717, 1.165) is 64.2 Å². The number of carbonyl (C=O) groups excluding carboxylic acids is 2. The van der Waals surface area contributed by atoms with Crippen LogP contribution in [0.25, 0.3) is 0 Å². The quantitative estimate of drug-likeness (QED) is 0.278. The van der Waals surface area contributed by atoms with Crippen molar-refractivity contribution >= 4 is 11.9 Å². The number of methoxy groups -OCH3 is 1. The lowest BCUT2D eigenvalue weighted by atomic mass is 9.32. The molecular weight excluding hydrogens is 536 g/mol. The highest BCUT2D eigenvalue weighted by Gasteiger charge is 2.73. The zero-order valence-electron chi connectivity index (χ0n) is 27.4. The predicted molar refractivity (Wildman–Crippen MR) is 168 cm³/mol. The Balaban J connectivity index is 1.46. The molecule has 0 saturated heterocycles. The van der Waals surface area contributed by atoms with Gasteiger partial charge in [0.15, 0.2) is 0 Å². The van der Waals surface area contributed by atoms with Crippen molar-refractivity contribution in [3.05, 3.63) is 48.0 Å². The third kappa shape index (κ3) is 4.18. The summed E-state index contributed by atoms with van der Waals surface area (Å²) in [6.45, 7) is 16.6. The van der Waals surface area contributed by atoms with Gasteiger partial charge in [-0.2, -0.15) is 0 Å². The van der Waals surface area contributed by atoms with Crippen molar-refractivity contribution in [2.45, 2.75) is 105 Å². The van der Waals surface area contributed by atoms with E-state index in [4.69, 9.17) is 9.47 Å². The van der Waals surface area contributed by atoms with Gasteiger partial charge in [-0.3, -0.25) is 4.79 Å². The largest absolute Gasteiger partial charge is 0.469 e. The van der Waals surface area contributed by atoms with Crippen LogP contribution in [0.5, 0.6) is 0 Å². The first kappa shape index (κ1) is 30.9. The van der Waals surface area contributed by atoms with Crippen LogP contribution < -0.4 is 0 Å². The first-order valence-electron chi connectivity index (χ1n) is 16.9. The second kappa shape index (κ2) is 10.5. The van der Waals surface area contributed by atoms with Crippen LogP contribution in [0.15, 0.2) is 42.5 Å². The SMILES string of the molecule is C=C(C)[C@@H]1CC[C@@]2(C(=O)OC)CC[C@]3(COC(=O)c4ccccc4)[C@H](CC[C@@H]4[C@@]5(C)CC[C@H](O)C(C)(C)[C@@H]5CC[C@]43C)[C@@H]12. The minimum Gasteiger partial charge on any atom is -0.469 e. The Morgan fingerprint density at radius 3 is 2.30 bits per heavy atom. The lowest BCUT2D eigenvalue weighted by Crippen LogP contribution is -2.69. The summed E-state index contributed by atoms with van der Waals surface area (Å²) in [6.07, 6.45) is 9.36. The van der Waals surface area contributed by atoms with Gasteiger partial charge in [-0.15, -0.1) is 0 Å². The number of carbonyl (C=O) groups is 2. The van der Waals surface area contributed by atoms with Crippen molar-refractivity contribution in [1.82, 2.24) is 0 Å². The number of hydrogen-bond donors (Lipinski definition) is 1. The van der Waals surface area contributed by atoms with E-state index in [2.05, 4.69) is 41.2 Å². The molecule has 0 unspecified atom stereocenters. The van der Waals surface area contributed by atoms with E-state index in [1.54, 1.807) is 7.11 Å². The lowest BCUT2D eigenvalue weighted by molar-refractivity contribution is -0.262. The Morgan fingerprint density at radius 1 is 0.907 bits per heavy atom. The van der Waals surface area contributed by atoms with Crippen molar-refractivity contribution in [3.8, 4) is 0 Å². The first-order valence-corrected chi connectivity index (χ1v) is 16.9. The van der Waals surface area contributed by atoms with Gasteiger partial charge in [-0.1, -0.05) is 58.0 Å². The van der Waals surface area contributed by atoms with Gasteiger partial charge in [0.1, 0.15) is 0 Å². The Morgan fingerprint density at radius 2 is 1.63 bits per heavy atom. The molecule has 5 aliphatic rings. The van der Waals surface area contributed by atoms with Crippen LogP contribution in [-0.4, -0.2) is 36.9 Å². The molecule has 1 N–H and O–H groups in total. The molecule has 5 heteroatoms. The number of hydrogen-bond acceptors (Lipinski definition) is 5. The molecule has 236 valence electrons. The maximum absolute atomic E-state index is 13.7. The average Bonchev–Trinajstić information content (AvgIpc) is 3.39. The van der Waals surface area contributed by atoms with E-state index < -0.39 is 5.41 Å². The molecule has 0 radical (unpaired) electrons. The highest BCUT2D eigenvalue weighted by molar-refractivity contribution is 5.89. The normalized spacial score (nSPS) is 44.6. The number of benzene rings is 1. The van der Waals surface area contributed by atoms with E-state index in [-0.39, 0.29) is 57.5 Å². The van der Waals surface area contributed by atoms with Crippen molar-refractivity contribution < 1.29 is 24.2 Å². The molecule has 0 aromatic heterocycles. The molecule has 5 aliphatic carbocycles. The number of aliphatic hydroxyl groups is 1. The predicted octanol–water partition coefficient (Wildman–Crippen LogP) is 8.02. The molecule has 1 aromatic rings. The van der Waals surface area contributed by atoms with Gasteiger partial charge in [0, 0.05) is 5.41 Å². The van der Waals surface area contributed by atoms with Gasteiger partial charge in [0.2, 0.25) is 0 Å². The summed E-state index contributed by atoms with van der Waals surface area (Å²) in [4.78, 5) is 27.2. The molecule has 5 nitrogen and oxygen atoms in total. The Kier molecular flexibility index (Phi) is 7.51. The Bertz CT molecular complexity index is 1270. The van der Waals surface area contributed by atoms with Gasteiger partial charge < -0.3 is 14.6 Å². The first-order chi connectivity index (χ1) is 20.3. The van der Waals surface area contributed by atoms with E-state index in [0.29, 0.717) is 24.0 Å². The number of fused-ring (bicyclic) bond motifs is 7. The van der Waals surface area contributed by atoms with Gasteiger partial charge in [-0.05, 0) is 129 Å².